The van der Waals surface area contributed by atoms with Crippen LogP contribution in [-0.4, -0.2) is 23.7 Å². The van der Waals surface area contributed by atoms with Gasteiger partial charge in [0.1, 0.15) is 6.04 Å². The molecule has 0 aliphatic heterocycles. The van der Waals surface area contributed by atoms with Gasteiger partial charge < -0.3 is 10.4 Å². The number of carboxylic acids is 1. The molecule has 0 radical (unpaired) electrons. The zero-order valence-corrected chi connectivity index (χ0v) is 10.4. The molecule has 2 atom stereocenters. The predicted molar refractivity (Wildman–Crippen MR) is 63.0 cm³/mol. The second-order valence-corrected chi connectivity index (χ2v) is 4.82. The summed E-state index contributed by atoms with van der Waals surface area (Å²) in [4.78, 5) is 10.9. The van der Waals surface area contributed by atoms with Crippen LogP contribution in [0.3, 0.4) is 0 Å². The highest BCUT2D eigenvalue weighted by Crippen LogP contribution is 2.07. The second kappa shape index (κ2) is 7.69. The van der Waals surface area contributed by atoms with Crippen LogP contribution in [0.25, 0.3) is 0 Å². The lowest BCUT2D eigenvalue weighted by Gasteiger charge is -2.19. The van der Waals surface area contributed by atoms with Gasteiger partial charge in [-0.05, 0) is 31.2 Å². The molecule has 0 saturated heterocycles. The number of carbonyl (C=O) groups is 1. The summed E-state index contributed by atoms with van der Waals surface area (Å²) in [5, 5.41) is 12.1. The molecule has 0 rings (SSSR count). The Kier molecular flexibility index (Phi) is 7.39. The lowest BCUT2D eigenvalue weighted by Crippen LogP contribution is -2.40. The fourth-order valence-corrected chi connectivity index (χ4v) is 1.68. The van der Waals surface area contributed by atoms with Gasteiger partial charge in [0, 0.05) is 0 Å². The lowest BCUT2D eigenvalue weighted by atomic mass is 10.0. The molecule has 0 fully saturated rings. The summed E-state index contributed by atoms with van der Waals surface area (Å²) in [7, 11) is 0. The molecule has 2 N–H and O–H groups in total. The number of aliphatic carboxylic acids is 1. The summed E-state index contributed by atoms with van der Waals surface area (Å²) >= 11 is 0. The van der Waals surface area contributed by atoms with Gasteiger partial charge in [0.15, 0.2) is 0 Å². The summed E-state index contributed by atoms with van der Waals surface area (Å²) in [5.41, 5.74) is 0. The van der Waals surface area contributed by atoms with Gasteiger partial charge >= 0.3 is 5.97 Å². The molecule has 0 heterocycles. The van der Waals surface area contributed by atoms with Crippen LogP contribution in [0.15, 0.2) is 0 Å². The van der Waals surface area contributed by atoms with Gasteiger partial charge in [0.05, 0.1) is 0 Å². The van der Waals surface area contributed by atoms with Crippen molar-refractivity contribution in [1.29, 1.82) is 0 Å². The van der Waals surface area contributed by atoms with Crippen molar-refractivity contribution < 1.29 is 9.90 Å². The van der Waals surface area contributed by atoms with Crippen molar-refractivity contribution >= 4 is 5.97 Å². The maximum absolute atomic E-state index is 10.9. The number of carboxylic acid groups (broad SMARTS) is 1. The number of rotatable bonds is 8. The first-order chi connectivity index (χ1) is 6.97. The summed E-state index contributed by atoms with van der Waals surface area (Å²) in [6, 6.07) is -0.385. The largest absolute Gasteiger partial charge is 0.480 e. The van der Waals surface area contributed by atoms with E-state index in [1.165, 1.54) is 0 Å². The zero-order chi connectivity index (χ0) is 11.8. The Morgan fingerprint density at radius 3 is 2.33 bits per heavy atom. The van der Waals surface area contributed by atoms with E-state index in [1.54, 1.807) is 0 Å². The Hall–Kier alpha value is -0.570. The molecule has 1 unspecified atom stereocenters. The molecule has 90 valence electrons. The van der Waals surface area contributed by atoms with E-state index in [0.717, 1.165) is 19.4 Å². The van der Waals surface area contributed by atoms with Crippen molar-refractivity contribution in [2.45, 2.75) is 53.0 Å². The standard InChI is InChI=1S/C12H25NO2/c1-5-6-10(4)8-13-11(12(14)15)7-9(2)3/h9-11,13H,5-8H2,1-4H3,(H,14,15)/t10?,11-/m1/s1. The molecule has 0 saturated carbocycles. The highest BCUT2D eigenvalue weighted by Gasteiger charge is 2.18. The molecular weight excluding hydrogens is 190 g/mol. The van der Waals surface area contributed by atoms with E-state index < -0.39 is 5.97 Å². The third kappa shape index (κ3) is 7.37. The van der Waals surface area contributed by atoms with Gasteiger partial charge in [0.25, 0.3) is 0 Å². The molecule has 3 heteroatoms. The van der Waals surface area contributed by atoms with Crippen LogP contribution in [0.1, 0.15) is 47.0 Å². The van der Waals surface area contributed by atoms with E-state index in [1.807, 2.05) is 13.8 Å². The van der Waals surface area contributed by atoms with Gasteiger partial charge in [-0.25, -0.2) is 0 Å². The van der Waals surface area contributed by atoms with Crippen LogP contribution >= 0.6 is 0 Å². The van der Waals surface area contributed by atoms with E-state index in [0.29, 0.717) is 18.3 Å². The highest BCUT2D eigenvalue weighted by atomic mass is 16.4. The van der Waals surface area contributed by atoms with Crippen molar-refractivity contribution in [1.82, 2.24) is 5.32 Å². The van der Waals surface area contributed by atoms with Crippen LogP contribution in [0.4, 0.5) is 0 Å². The van der Waals surface area contributed by atoms with Gasteiger partial charge in [0.2, 0.25) is 0 Å². The number of hydrogen-bond donors (Lipinski definition) is 2. The maximum Gasteiger partial charge on any atom is 0.320 e. The number of hydrogen-bond acceptors (Lipinski definition) is 2. The SMILES string of the molecule is CCCC(C)CN[C@H](CC(C)C)C(=O)O. The predicted octanol–water partition coefficient (Wildman–Crippen LogP) is 2.51. The minimum atomic E-state index is -0.729. The normalized spacial score (nSPS) is 15.3. The summed E-state index contributed by atoms with van der Waals surface area (Å²) in [5.74, 6) is 0.247. The smallest absolute Gasteiger partial charge is 0.320 e. The van der Waals surface area contributed by atoms with Crippen LogP contribution in [0.5, 0.6) is 0 Å². The van der Waals surface area contributed by atoms with Gasteiger partial charge in [-0.1, -0.05) is 34.1 Å². The Balaban J connectivity index is 3.90. The molecule has 0 spiro atoms. The molecule has 0 aromatic carbocycles. The molecular formula is C12H25NO2. The lowest BCUT2D eigenvalue weighted by molar-refractivity contribution is -0.140. The minimum absolute atomic E-state index is 0.385. The topological polar surface area (TPSA) is 49.3 Å². The first-order valence-electron chi connectivity index (χ1n) is 5.93. The van der Waals surface area contributed by atoms with Crippen molar-refractivity contribution in [2.75, 3.05) is 6.54 Å². The van der Waals surface area contributed by atoms with Gasteiger partial charge in [-0.15, -0.1) is 0 Å². The van der Waals surface area contributed by atoms with E-state index in [2.05, 4.69) is 19.2 Å². The van der Waals surface area contributed by atoms with Crippen molar-refractivity contribution in [2.24, 2.45) is 11.8 Å². The molecule has 0 bridgehead atoms. The average molecular weight is 215 g/mol. The molecule has 0 aromatic heterocycles. The van der Waals surface area contributed by atoms with Gasteiger partial charge in [-0.2, -0.15) is 0 Å². The Morgan fingerprint density at radius 1 is 1.33 bits per heavy atom. The van der Waals surface area contributed by atoms with E-state index in [9.17, 15) is 4.79 Å². The van der Waals surface area contributed by atoms with Crippen molar-refractivity contribution in [3.63, 3.8) is 0 Å². The fourth-order valence-electron chi connectivity index (χ4n) is 1.68. The van der Waals surface area contributed by atoms with Crippen LogP contribution in [0, 0.1) is 11.8 Å². The Labute approximate surface area is 93.3 Å². The molecule has 0 aliphatic rings. The summed E-state index contributed by atoms with van der Waals surface area (Å²) in [6.07, 6.45) is 3.01. The Bertz CT molecular complexity index is 180. The second-order valence-electron chi connectivity index (χ2n) is 4.82. The molecule has 0 aromatic rings. The van der Waals surface area contributed by atoms with E-state index in [4.69, 9.17) is 5.11 Å². The molecule has 15 heavy (non-hydrogen) atoms. The highest BCUT2D eigenvalue weighted by molar-refractivity contribution is 5.73. The number of nitrogens with one attached hydrogen (secondary N) is 1. The first kappa shape index (κ1) is 14.4. The van der Waals surface area contributed by atoms with Gasteiger partial charge in [-0.3, -0.25) is 4.79 Å². The van der Waals surface area contributed by atoms with Crippen molar-refractivity contribution in [3.05, 3.63) is 0 Å². The maximum atomic E-state index is 10.9. The van der Waals surface area contributed by atoms with Crippen molar-refractivity contribution in [3.8, 4) is 0 Å². The summed E-state index contributed by atoms with van der Waals surface area (Å²) in [6.45, 7) is 9.21. The summed E-state index contributed by atoms with van der Waals surface area (Å²) < 4.78 is 0. The quantitative estimate of drug-likeness (QED) is 0.654. The van der Waals surface area contributed by atoms with Crippen LogP contribution < -0.4 is 5.32 Å². The first-order valence-corrected chi connectivity index (χ1v) is 5.93. The monoisotopic (exact) mass is 215 g/mol. The third-order valence-electron chi connectivity index (χ3n) is 2.50. The minimum Gasteiger partial charge on any atom is -0.480 e. The van der Waals surface area contributed by atoms with Crippen LogP contribution in [0.2, 0.25) is 0 Å². The van der Waals surface area contributed by atoms with E-state index >= 15 is 0 Å². The molecule has 0 amide bonds. The zero-order valence-electron chi connectivity index (χ0n) is 10.4. The van der Waals surface area contributed by atoms with E-state index in [-0.39, 0.29) is 6.04 Å². The molecule has 3 nitrogen and oxygen atoms in total. The average Bonchev–Trinajstić information content (AvgIpc) is 2.11. The fraction of sp³-hybridized carbons (Fsp3) is 0.917. The molecule has 0 aliphatic carbocycles. The third-order valence-corrected chi connectivity index (χ3v) is 2.50. The van der Waals surface area contributed by atoms with Crippen LogP contribution in [-0.2, 0) is 4.79 Å². The Morgan fingerprint density at radius 2 is 1.93 bits per heavy atom.